The summed E-state index contributed by atoms with van der Waals surface area (Å²) in [5.41, 5.74) is 9.30. The van der Waals surface area contributed by atoms with Crippen molar-refractivity contribution in [1.82, 2.24) is 4.90 Å². The number of nitrogens with one attached hydrogen (secondary N) is 1. The van der Waals surface area contributed by atoms with Gasteiger partial charge in [-0.1, -0.05) is 30.3 Å². The van der Waals surface area contributed by atoms with E-state index in [2.05, 4.69) is 5.32 Å². The SMILES string of the molecule is Cc1cc(C(=O)N2CCSCC2)ccc1NC(=O)CC(N)c1ccccc1. The normalized spacial score (nSPS) is 15.3. The molecule has 6 heteroatoms. The lowest BCUT2D eigenvalue weighted by atomic mass is 10.0. The summed E-state index contributed by atoms with van der Waals surface area (Å²) in [5, 5.41) is 2.91. The molecule has 0 aromatic heterocycles. The fourth-order valence-corrected chi connectivity index (χ4v) is 4.01. The quantitative estimate of drug-likeness (QED) is 0.831. The van der Waals surface area contributed by atoms with E-state index >= 15 is 0 Å². The molecule has 1 saturated heterocycles. The molecule has 0 saturated carbocycles. The molecule has 0 aliphatic carbocycles. The maximum Gasteiger partial charge on any atom is 0.253 e. The lowest BCUT2D eigenvalue weighted by Gasteiger charge is -2.26. The van der Waals surface area contributed by atoms with E-state index in [1.807, 2.05) is 60.0 Å². The zero-order valence-corrected chi connectivity index (χ0v) is 16.3. The summed E-state index contributed by atoms with van der Waals surface area (Å²) in [5.74, 6) is 1.89. The zero-order valence-electron chi connectivity index (χ0n) is 15.5. The number of benzene rings is 2. The van der Waals surface area contributed by atoms with Crippen LogP contribution in [0.25, 0.3) is 0 Å². The minimum atomic E-state index is -0.343. The Morgan fingerprint density at radius 2 is 1.85 bits per heavy atom. The fourth-order valence-electron chi connectivity index (χ4n) is 3.11. The van der Waals surface area contributed by atoms with Crippen LogP contribution in [0.1, 0.15) is 33.9 Å². The maximum absolute atomic E-state index is 12.6. The van der Waals surface area contributed by atoms with Crippen LogP contribution in [0.3, 0.4) is 0 Å². The first-order valence-electron chi connectivity index (χ1n) is 9.12. The van der Waals surface area contributed by atoms with Crippen molar-refractivity contribution >= 4 is 29.3 Å². The molecule has 0 radical (unpaired) electrons. The van der Waals surface area contributed by atoms with Gasteiger partial charge in [-0.3, -0.25) is 9.59 Å². The number of hydrogen-bond acceptors (Lipinski definition) is 4. The van der Waals surface area contributed by atoms with Gasteiger partial charge in [-0.15, -0.1) is 0 Å². The van der Waals surface area contributed by atoms with Gasteiger partial charge < -0.3 is 16.0 Å². The Bertz CT molecular complexity index is 804. The summed E-state index contributed by atoms with van der Waals surface area (Å²) >= 11 is 1.88. The van der Waals surface area contributed by atoms with Crippen LogP contribution >= 0.6 is 11.8 Å². The third-order valence-corrected chi connectivity index (χ3v) is 5.62. The van der Waals surface area contributed by atoms with Crippen LogP contribution in [0.2, 0.25) is 0 Å². The summed E-state index contributed by atoms with van der Waals surface area (Å²) < 4.78 is 0. The first kappa shape index (κ1) is 19.5. The highest BCUT2D eigenvalue weighted by Crippen LogP contribution is 2.21. The summed E-state index contributed by atoms with van der Waals surface area (Å²) in [6.07, 6.45) is 0.204. The molecule has 2 aromatic carbocycles. The topological polar surface area (TPSA) is 75.4 Å². The largest absolute Gasteiger partial charge is 0.337 e. The number of carbonyl (C=O) groups excluding carboxylic acids is 2. The van der Waals surface area contributed by atoms with Crippen LogP contribution in [0.4, 0.5) is 5.69 Å². The molecule has 1 fully saturated rings. The Kier molecular flexibility index (Phi) is 6.53. The van der Waals surface area contributed by atoms with Crippen LogP contribution in [0.15, 0.2) is 48.5 Å². The van der Waals surface area contributed by atoms with E-state index in [0.29, 0.717) is 11.3 Å². The van der Waals surface area contributed by atoms with Crippen molar-refractivity contribution in [3.63, 3.8) is 0 Å². The number of carbonyl (C=O) groups is 2. The molecule has 1 atom stereocenters. The predicted molar refractivity (Wildman–Crippen MR) is 111 cm³/mol. The van der Waals surface area contributed by atoms with E-state index in [0.717, 1.165) is 35.7 Å². The molecule has 27 heavy (non-hydrogen) atoms. The second-order valence-electron chi connectivity index (χ2n) is 6.70. The highest BCUT2D eigenvalue weighted by atomic mass is 32.2. The number of rotatable bonds is 5. The van der Waals surface area contributed by atoms with Gasteiger partial charge in [-0.05, 0) is 36.2 Å². The van der Waals surface area contributed by atoms with Crippen LogP contribution in [-0.4, -0.2) is 41.3 Å². The van der Waals surface area contributed by atoms with E-state index in [4.69, 9.17) is 5.73 Å². The molecule has 3 rings (SSSR count). The zero-order chi connectivity index (χ0) is 19.2. The standard InChI is InChI=1S/C21H25N3O2S/c1-15-13-17(21(26)24-9-11-27-12-10-24)7-8-19(15)23-20(25)14-18(22)16-5-3-2-4-6-16/h2-8,13,18H,9-12,14,22H2,1H3,(H,23,25). The van der Waals surface area contributed by atoms with Gasteiger partial charge in [0.2, 0.25) is 5.91 Å². The van der Waals surface area contributed by atoms with Crippen LogP contribution in [0, 0.1) is 6.92 Å². The Labute approximate surface area is 164 Å². The molecule has 1 aliphatic rings. The first-order valence-corrected chi connectivity index (χ1v) is 10.3. The second-order valence-corrected chi connectivity index (χ2v) is 7.93. The van der Waals surface area contributed by atoms with Gasteiger partial charge in [0, 0.05) is 48.3 Å². The monoisotopic (exact) mass is 383 g/mol. The molecule has 2 aromatic rings. The Morgan fingerprint density at radius 1 is 1.15 bits per heavy atom. The van der Waals surface area contributed by atoms with Crippen molar-refractivity contribution in [2.75, 3.05) is 29.9 Å². The van der Waals surface area contributed by atoms with Gasteiger partial charge in [-0.2, -0.15) is 11.8 Å². The smallest absolute Gasteiger partial charge is 0.253 e. The van der Waals surface area contributed by atoms with Crippen molar-refractivity contribution in [2.45, 2.75) is 19.4 Å². The predicted octanol–water partition coefficient (Wildman–Crippen LogP) is 3.21. The van der Waals surface area contributed by atoms with E-state index < -0.39 is 0 Å². The third-order valence-electron chi connectivity index (χ3n) is 4.68. The van der Waals surface area contributed by atoms with Crippen LogP contribution in [-0.2, 0) is 4.79 Å². The number of thioether (sulfide) groups is 1. The molecule has 1 aliphatic heterocycles. The molecule has 1 unspecified atom stereocenters. The molecule has 0 bridgehead atoms. The molecular formula is C21H25N3O2S. The van der Waals surface area contributed by atoms with Gasteiger partial charge in [0.05, 0.1) is 0 Å². The molecule has 2 amide bonds. The highest BCUT2D eigenvalue weighted by Gasteiger charge is 2.19. The van der Waals surface area contributed by atoms with Crippen molar-refractivity contribution in [3.05, 3.63) is 65.2 Å². The molecular weight excluding hydrogens is 358 g/mol. The number of amides is 2. The first-order chi connectivity index (χ1) is 13.0. The number of hydrogen-bond donors (Lipinski definition) is 2. The summed E-state index contributed by atoms with van der Waals surface area (Å²) in [4.78, 5) is 26.8. The highest BCUT2D eigenvalue weighted by molar-refractivity contribution is 7.99. The van der Waals surface area contributed by atoms with Gasteiger partial charge in [0.15, 0.2) is 0 Å². The number of anilines is 1. The van der Waals surface area contributed by atoms with E-state index in [-0.39, 0.29) is 24.3 Å². The molecule has 0 spiro atoms. The van der Waals surface area contributed by atoms with Crippen molar-refractivity contribution in [2.24, 2.45) is 5.73 Å². The lowest BCUT2D eigenvalue weighted by molar-refractivity contribution is -0.116. The number of aryl methyl sites for hydroxylation is 1. The van der Waals surface area contributed by atoms with Crippen LogP contribution < -0.4 is 11.1 Å². The van der Waals surface area contributed by atoms with Gasteiger partial charge in [0.25, 0.3) is 5.91 Å². The van der Waals surface area contributed by atoms with Crippen molar-refractivity contribution < 1.29 is 9.59 Å². The maximum atomic E-state index is 12.6. The van der Waals surface area contributed by atoms with E-state index in [1.54, 1.807) is 12.1 Å². The minimum absolute atomic E-state index is 0.0578. The average Bonchev–Trinajstić information content (AvgIpc) is 2.70. The number of nitrogens with zero attached hydrogens (tertiary/aromatic N) is 1. The molecule has 1 heterocycles. The van der Waals surface area contributed by atoms with Crippen molar-refractivity contribution in [3.8, 4) is 0 Å². The van der Waals surface area contributed by atoms with Gasteiger partial charge in [-0.25, -0.2) is 0 Å². The Balaban J connectivity index is 1.62. The second kappa shape index (κ2) is 9.06. The van der Waals surface area contributed by atoms with E-state index in [9.17, 15) is 9.59 Å². The fraction of sp³-hybridized carbons (Fsp3) is 0.333. The third kappa shape index (κ3) is 5.11. The van der Waals surface area contributed by atoms with Gasteiger partial charge >= 0.3 is 0 Å². The molecule has 3 N–H and O–H groups in total. The lowest BCUT2D eigenvalue weighted by Crippen LogP contribution is -2.37. The van der Waals surface area contributed by atoms with Gasteiger partial charge in [0.1, 0.15) is 0 Å². The van der Waals surface area contributed by atoms with Crippen molar-refractivity contribution in [1.29, 1.82) is 0 Å². The Morgan fingerprint density at radius 3 is 2.52 bits per heavy atom. The summed E-state index contributed by atoms with van der Waals surface area (Å²) in [6, 6.07) is 14.7. The van der Waals surface area contributed by atoms with Crippen LogP contribution in [0.5, 0.6) is 0 Å². The minimum Gasteiger partial charge on any atom is -0.337 e. The summed E-state index contributed by atoms with van der Waals surface area (Å²) in [7, 11) is 0. The summed E-state index contributed by atoms with van der Waals surface area (Å²) in [6.45, 7) is 3.48. The van der Waals surface area contributed by atoms with E-state index in [1.165, 1.54) is 0 Å². The molecule has 5 nitrogen and oxygen atoms in total. The Hall–Kier alpha value is -2.31. The average molecular weight is 384 g/mol. The molecule has 142 valence electrons. The number of nitrogens with two attached hydrogens (primary N) is 1.